The minimum atomic E-state index is -4.23. The second-order valence-electron chi connectivity index (χ2n) is 29.8. The second kappa shape index (κ2) is 46.2. The third-order valence-corrected chi connectivity index (χ3v) is 20.4. The second-order valence-corrected chi connectivity index (χ2v) is 31.5. The number of aliphatic hydroxyl groups is 2. The van der Waals surface area contributed by atoms with Gasteiger partial charge in [0.15, 0.2) is 0 Å². The molecule has 0 aliphatic carbocycles. The first-order chi connectivity index (χ1) is 54.6. The lowest BCUT2D eigenvalue weighted by Gasteiger charge is -2.31. The lowest BCUT2D eigenvalue weighted by molar-refractivity contribution is -0.149. The molecule has 626 valence electrons. The number of amides is 10. The molecular formula is C82H113N13O19S. The van der Waals surface area contributed by atoms with Crippen LogP contribution in [0.1, 0.15) is 145 Å². The maximum Gasteiger partial charge on any atom is 0.408 e. The number of benzene rings is 5. The fourth-order valence-corrected chi connectivity index (χ4v) is 14.4. The number of nitrogens with zero attached hydrogens (tertiary/aromatic N) is 2. The molecule has 0 spiro atoms. The number of phenols is 1. The van der Waals surface area contributed by atoms with Crippen LogP contribution in [0.3, 0.4) is 0 Å². The molecule has 1 aliphatic heterocycles. The molecule has 1 saturated heterocycles. The van der Waals surface area contributed by atoms with Crippen molar-refractivity contribution in [2.75, 3.05) is 26.2 Å². The van der Waals surface area contributed by atoms with Gasteiger partial charge in [0.2, 0.25) is 53.2 Å². The van der Waals surface area contributed by atoms with E-state index >= 15 is 9.59 Å². The van der Waals surface area contributed by atoms with Crippen molar-refractivity contribution in [3.05, 3.63) is 166 Å². The highest BCUT2D eigenvalue weighted by Crippen LogP contribution is 2.24. The van der Waals surface area contributed by atoms with Gasteiger partial charge in [-0.3, -0.25) is 43.3 Å². The number of esters is 1. The highest BCUT2D eigenvalue weighted by Gasteiger charge is 2.42. The van der Waals surface area contributed by atoms with Crippen molar-refractivity contribution < 1.29 is 90.7 Å². The van der Waals surface area contributed by atoms with E-state index in [-0.39, 0.29) is 120 Å². The Hall–Kier alpha value is -11.2. The van der Waals surface area contributed by atoms with Crippen molar-refractivity contribution in [3.63, 3.8) is 0 Å². The minimum absolute atomic E-state index is 0.0102. The van der Waals surface area contributed by atoms with Crippen LogP contribution in [0.2, 0.25) is 0 Å². The van der Waals surface area contributed by atoms with E-state index in [4.69, 9.17) is 19.9 Å². The van der Waals surface area contributed by atoms with Crippen molar-refractivity contribution in [1.29, 1.82) is 0 Å². The molecule has 1 heterocycles. The van der Waals surface area contributed by atoms with Gasteiger partial charge < -0.3 is 88.0 Å². The van der Waals surface area contributed by atoms with Crippen molar-refractivity contribution in [2.24, 2.45) is 28.5 Å². The number of aliphatic hydroxyl groups excluding tert-OH is 2. The van der Waals surface area contributed by atoms with Gasteiger partial charge in [-0.2, -0.15) is 0 Å². The number of rotatable bonds is 43. The molecule has 10 amide bonds. The zero-order valence-corrected chi connectivity index (χ0v) is 67.7. The van der Waals surface area contributed by atoms with E-state index in [1.165, 1.54) is 24.0 Å². The average Bonchev–Trinajstić information content (AvgIpc) is 1.13. The molecule has 10 atom stereocenters. The van der Waals surface area contributed by atoms with E-state index in [0.717, 1.165) is 11.1 Å². The SMILES string of the molecule is Cc1cc(C)c(S(=O)(=O)NC(N)=NCCC[C@H](NC(=O)[C@H](CC(C)C)NC(=O)[C@@H](CCCCNC(=O)OCc2ccccc2)NC(=O)[C@H](CC(C)C)NC(=O)[C@@H](NC(=O)[C@@H](NC(=O)[C@@H]2CCCN2C(=O)[C@H](CO)NC(=O)OCc2ccccc2)C(C)C)[C@@H](C)O)C(=O)N[C@@H](Cc2ccc(O)cc2)C(=O)OCc2ccccc2)c(C)c1. The van der Waals surface area contributed by atoms with Crippen LogP contribution in [-0.4, -0.2) is 187 Å². The summed E-state index contributed by atoms with van der Waals surface area (Å²) in [7, 11) is -4.23. The predicted molar refractivity (Wildman–Crippen MR) is 428 cm³/mol. The molecule has 1 aliphatic rings. The summed E-state index contributed by atoms with van der Waals surface area (Å²) in [6.45, 7) is 15.3. The van der Waals surface area contributed by atoms with E-state index in [1.54, 1.807) is 165 Å². The van der Waals surface area contributed by atoms with Crippen LogP contribution >= 0.6 is 0 Å². The number of hydrogen-bond acceptors (Lipinski definition) is 20. The summed E-state index contributed by atoms with van der Waals surface area (Å²) in [5.74, 6) is -9.85. The maximum absolute atomic E-state index is 15.1. The monoisotopic (exact) mass is 1620 g/mol. The van der Waals surface area contributed by atoms with Crippen LogP contribution in [0.25, 0.3) is 0 Å². The molecule has 0 bridgehead atoms. The van der Waals surface area contributed by atoms with E-state index in [2.05, 4.69) is 57.6 Å². The van der Waals surface area contributed by atoms with Gasteiger partial charge in [0, 0.05) is 26.1 Å². The third-order valence-electron chi connectivity index (χ3n) is 18.7. The van der Waals surface area contributed by atoms with Crippen LogP contribution in [-0.2, 0) is 93.6 Å². The summed E-state index contributed by atoms with van der Waals surface area (Å²) in [5, 5.41) is 55.3. The molecule has 15 N–H and O–H groups in total. The zero-order chi connectivity index (χ0) is 84.5. The number of hydrogen-bond donors (Lipinski definition) is 14. The Balaban J connectivity index is 1.23. The molecule has 33 heteroatoms. The highest BCUT2D eigenvalue weighted by molar-refractivity contribution is 7.90. The van der Waals surface area contributed by atoms with Gasteiger partial charge in [0.25, 0.3) is 10.0 Å². The topological polar surface area (TPSA) is 472 Å². The summed E-state index contributed by atoms with van der Waals surface area (Å²) in [6, 6.07) is 22.6. The summed E-state index contributed by atoms with van der Waals surface area (Å²) in [6.07, 6.45) is -3.17. The van der Waals surface area contributed by atoms with E-state index in [9.17, 15) is 66.9 Å². The number of unbranched alkanes of at least 4 members (excludes halogenated alkanes) is 1. The van der Waals surface area contributed by atoms with Crippen LogP contribution in [0.15, 0.2) is 137 Å². The number of aryl methyl sites for hydroxylation is 3. The lowest BCUT2D eigenvalue weighted by atomic mass is 9.99. The van der Waals surface area contributed by atoms with Gasteiger partial charge in [-0.15, -0.1) is 0 Å². The Morgan fingerprint density at radius 1 is 0.539 bits per heavy atom. The number of carbonyl (C=O) groups excluding carboxylic acids is 11. The third kappa shape index (κ3) is 30.9. The molecule has 5 aromatic carbocycles. The standard InChI is InChI=1S/C82H113N13O19S/c1-49(2)40-63(73(101)87-62(31-22-38-84-80(83)94-115(110,111)70-53(8)42-52(7)43-54(70)9)72(100)90-65(44-56-33-35-60(98)36-34-56)79(107)112-46-57-24-14-11-15-25-57)88-71(99)61(30-20-21-37-85-81(108)113-47-58-26-16-12-17-27-58)86-74(102)64(41-50(3)4)89-77(105)69(55(10)97)93-76(104)68(51(5)6)92-75(103)67-32-23-39-95(67)78(106)66(45-96)91-82(109)114-48-59-28-18-13-19-29-59/h11-19,24-29,33-36,42-43,49-51,55,61-69,96-98H,20-23,30-32,37-41,44-48H2,1-10H3,(H,85,108)(H,86,102)(H,87,101)(H,88,99)(H,89,105)(H,90,100)(H,91,109)(H,92,103)(H,93,104)(H3,83,84,94)/t55-,61-,62+,63+,64+,65+,66+,67+,68+,69+/m1/s1. The number of phenolic OH excluding ortho intramolecular Hbond substituents is 1. The number of sulfonamides is 1. The summed E-state index contributed by atoms with van der Waals surface area (Å²) in [5.41, 5.74) is 10.5. The Kier molecular flexibility index (Phi) is 37.3. The fourth-order valence-electron chi connectivity index (χ4n) is 13.0. The van der Waals surface area contributed by atoms with Gasteiger partial charge in [-0.1, -0.05) is 162 Å². The van der Waals surface area contributed by atoms with Crippen LogP contribution in [0, 0.1) is 38.5 Å². The quantitative estimate of drug-likeness (QED) is 0.00835. The highest BCUT2D eigenvalue weighted by atomic mass is 32.2. The van der Waals surface area contributed by atoms with E-state index in [0.29, 0.717) is 34.2 Å². The predicted octanol–water partition coefficient (Wildman–Crippen LogP) is 4.57. The molecule has 6 rings (SSSR count). The summed E-state index contributed by atoms with van der Waals surface area (Å²) in [4.78, 5) is 162. The average molecular weight is 1620 g/mol. The minimum Gasteiger partial charge on any atom is -0.508 e. The number of nitrogens with two attached hydrogens (primary N) is 1. The number of ether oxygens (including phenoxy) is 3. The smallest absolute Gasteiger partial charge is 0.408 e. The number of alkyl carbamates (subject to hydrolysis) is 2. The van der Waals surface area contributed by atoms with Crippen LogP contribution in [0.5, 0.6) is 5.75 Å². The number of guanidine groups is 1. The number of aliphatic imine (C=N–C) groups is 1. The number of aromatic hydroxyl groups is 1. The van der Waals surface area contributed by atoms with Crippen LogP contribution in [0.4, 0.5) is 9.59 Å². The molecule has 32 nitrogen and oxygen atoms in total. The summed E-state index contributed by atoms with van der Waals surface area (Å²) >= 11 is 0. The van der Waals surface area contributed by atoms with Crippen LogP contribution < -0.4 is 58.3 Å². The fraction of sp³-hybridized carbons (Fsp3) is 0.488. The molecular weight excluding hydrogens is 1500 g/mol. The first-order valence-electron chi connectivity index (χ1n) is 38.7. The molecule has 0 radical (unpaired) electrons. The van der Waals surface area contributed by atoms with Crippen molar-refractivity contribution in [1.82, 2.24) is 57.5 Å². The number of likely N-dealkylation sites (tertiary alicyclic amines) is 1. The first-order valence-corrected chi connectivity index (χ1v) is 40.1. The molecule has 1 fully saturated rings. The Bertz CT molecular complexity index is 4190. The molecule has 0 aromatic heterocycles. The Morgan fingerprint density at radius 3 is 1.51 bits per heavy atom. The van der Waals surface area contributed by atoms with Crippen molar-refractivity contribution in [3.8, 4) is 5.75 Å². The van der Waals surface area contributed by atoms with E-state index in [1.807, 2.05) is 13.0 Å². The van der Waals surface area contributed by atoms with Gasteiger partial charge in [-0.25, -0.2) is 27.5 Å². The maximum atomic E-state index is 15.1. The Labute approximate surface area is 671 Å². The Morgan fingerprint density at radius 2 is 1.01 bits per heavy atom. The number of carbonyl (C=O) groups is 11. The molecule has 0 saturated carbocycles. The van der Waals surface area contributed by atoms with E-state index < -0.39 is 154 Å². The number of nitrogens with one attached hydrogen (secondary N) is 10. The van der Waals surface area contributed by atoms with Gasteiger partial charge >= 0.3 is 18.2 Å². The zero-order valence-electron chi connectivity index (χ0n) is 66.9. The summed E-state index contributed by atoms with van der Waals surface area (Å²) < 4.78 is 45.9. The van der Waals surface area contributed by atoms with Gasteiger partial charge in [-0.05, 0) is 149 Å². The van der Waals surface area contributed by atoms with Gasteiger partial charge in [0.05, 0.1) is 17.6 Å². The van der Waals surface area contributed by atoms with Crippen molar-refractivity contribution in [2.45, 2.75) is 219 Å². The largest absolute Gasteiger partial charge is 0.508 e. The van der Waals surface area contributed by atoms with Gasteiger partial charge in [0.1, 0.15) is 79.9 Å². The molecule has 0 unspecified atom stereocenters. The first kappa shape index (κ1) is 92.7. The lowest BCUT2D eigenvalue weighted by Crippen LogP contribution is -2.62. The molecule has 5 aromatic rings. The normalized spacial score (nSPS) is 15.2. The molecule has 115 heavy (non-hydrogen) atoms. The van der Waals surface area contributed by atoms with Crippen molar-refractivity contribution >= 4 is 81.4 Å².